The number of unbranched alkanes of at least 4 members (excludes halogenated alkanes) is 49. The van der Waals surface area contributed by atoms with Gasteiger partial charge in [-0.1, -0.05) is 335 Å². The van der Waals surface area contributed by atoms with Crippen molar-refractivity contribution in [2.24, 2.45) is 0 Å². The summed E-state index contributed by atoms with van der Waals surface area (Å²) in [7, 11) is 0. The fraction of sp³-hybridized carbons (Fsp3) is 0.925. The van der Waals surface area contributed by atoms with Crippen LogP contribution in [-0.4, -0.2) is 37.2 Å². The summed E-state index contributed by atoms with van der Waals surface area (Å²) in [5, 5.41) is 0. The first-order valence-corrected chi connectivity index (χ1v) is 33.2. The number of rotatable bonds is 62. The highest BCUT2D eigenvalue weighted by Crippen LogP contribution is 2.19. The first kappa shape index (κ1) is 71.2. The Bertz CT molecular complexity index is 1130. The quantitative estimate of drug-likeness (QED) is 0.0261. The second kappa shape index (κ2) is 62.7. The summed E-state index contributed by atoms with van der Waals surface area (Å²) in [5.41, 5.74) is 0. The second-order valence-corrected chi connectivity index (χ2v) is 22.7. The smallest absolute Gasteiger partial charge is 0.306 e. The first-order valence-electron chi connectivity index (χ1n) is 33.2. The van der Waals surface area contributed by atoms with E-state index in [1.807, 2.05) is 0 Å². The van der Waals surface area contributed by atoms with Gasteiger partial charge in [0.25, 0.3) is 0 Å². The zero-order chi connectivity index (χ0) is 52.9. The first-order chi connectivity index (χ1) is 36.0. The molecule has 0 aromatic heterocycles. The molecule has 0 aliphatic heterocycles. The summed E-state index contributed by atoms with van der Waals surface area (Å²) in [4.78, 5) is 38.0. The summed E-state index contributed by atoms with van der Waals surface area (Å²) in [6.45, 7) is 6.63. The Labute approximate surface area is 456 Å². The molecule has 6 nitrogen and oxygen atoms in total. The topological polar surface area (TPSA) is 78.9 Å². The minimum Gasteiger partial charge on any atom is -0.462 e. The summed E-state index contributed by atoms with van der Waals surface area (Å²) in [6.07, 6.45) is 74.3. The molecule has 0 saturated carbocycles. The van der Waals surface area contributed by atoms with E-state index in [0.717, 1.165) is 64.2 Å². The normalized spacial score (nSPS) is 12.0. The van der Waals surface area contributed by atoms with Gasteiger partial charge in [-0.25, -0.2) is 0 Å². The van der Waals surface area contributed by atoms with Gasteiger partial charge in [-0.05, 0) is 38.5 Å². The van der Waals surface area contributed by atoms with Crippen molar-refractivity contribution in [3.05, 3.63) is 12.2 Å². The van der Waals surface area contributed by atoms with Crippen LogP contribution in [0.2, 0.25) is 0 Å². The standard InChI is InChI=1S/C67H128O6/c1-4-7-10-13-16-19-21-22-23-24-25-26-27-28-29-30-31-32-33-34-35-36-37-38-39-40-41-42-43-44-46-48-51-54-57-60-66(69)72-63-64(62-71-65(68)59-56-53-50-47-18-15-12-9-6-3)73-67(70)61-58-55-52-49-45-20-17-14-11-8-5-2/h14,17,64H,4-13,15-16,18-63H2,1-3H3/b17-14-. The van der Waals surface area contributed by atoms with Gasteiger partial charge < -0.3 is 14.2 Å². The molecule has 0 N–H and O–H groups in total. The third kappa shape index (κ3) is 60.9. The molecule has 0 aliphatic carbocycles. The summed E-state index contributed by atoms with van der Waals surface area (Å²) in [5.74, 6) is -0.859. The molecule has 0 bridgehead atoms. The van der Waals surface area contributed by atoms with Crippen molar-refractivity contribution >= 4 is 17.9 Å². The van der Waals surface area contributed by atoms with Gasteiger partial charge in [-0.2, -0.15) is 0 Å². The van der Waals surface area contributed by atoms with Crippen LogP contribution in [-0.2, 0) is 28.6 Å². The van der Waals surface area contributed by atoms with E-state index in [-0.39, 0.29) is 31.1 Å². The molecule has 0 aromatic rings. The molecular formula is C67H128O6. The van der Waals surface area contributed by atoms with Crippen LogP contribution in [0.5, 0.6) is 0 Å². The fourth-order valence-electron chi connectivity index (χ4n) is 10.3. The number of hydrogen-bond acceptors (Lipinski definition) is 6. The van der Waals surface area contributed by atoms with E-state index in [2.05, 4.69) is 32.9 Å². The molecule has 0 spiro atoms. The highest BCUT2D eigenvalue weighted by molar-refractivity contribution is 5.71. The van der Waals surface area contributed by atoms with Crippen LogP contribution in [0.4, 0.5) is 0 Å². The van der Waals surface area contributed by atoms with E-state index in [1.54, 1.807) is 0 Å². The molecule has 0 radical (unpaired) electrons. The van der Waals surface area contributed by atoms with Crippen molar-refractivity contribution in [1.29, 1.82) is 0 Å². The highest BCUT2D eigenvalue weighted by atomic mass is 16.6. The predicted octanol–water partition coefficient (Wildman–Crippen LogP) is 22.4. The Morgan fingerprint density at radius 1 is 0.260 bits per heavy atom. The highest BCUT2D eigenvalue weighted by Gasteiger charge is 2.19. The number of hydrogen-bond donors (Lipinski definition) is 0. The van der Waals surface area contributed by atoms with E-state index in [0.29, 0.717) is 19.3 Å². The van der Waals surface area contributed by atoms with Crippen molar-refractivity contribution in [2.45, 2.75) is 386 Å². The lowest BCUT2D eigenvalue weighted by atomic mass is 10.0. The van der Waals surface area contributed by atoms with E-state index >= 15 is 0 Å². The predicted molar refractivity (Wildman–Crippen MR) is 317 cm³/mol. The molecule has 0 rings (SSSR count). The summed E-state index contributed by atoms with van der Waals surface area (Å²) >= 11 is 0. The summed E-state index contributed by atoms with van der Waals surface area (Å²) in [6, 6.07) is 0. The third-order valence-electron chi connectivity index (χ3n) is 15.3. The van der Waals surface area contributed by atoms with Crippen LogP contribution in [0, 0.1) is 0 Å². The Balaban J connectivity index is 3.87. The monoisotopic (exact) mass is 1030 g/mol. The number of ether oxygens (including phenoxy) is 3. The fourth-order valence-corrected chi connectivity index (χ4v) is 10.3. The van der Waals surface area contributed by atoms with Crippen LogP contribution in [0.3, 0.4) is 0 Å². The van der Waals surface area contributed by atoms with Crippen molar-refractivity contribution in [1.82, 2.24) is 0 Å². The Hall–Kier alpha value is -1.85. The van der Waals surface area contributed by atoms with Gasteiger partial charge in [0.1, 0.15) is 13.2 Å². The molecule has 0 amide bonds. The van der Waals surface area contributed by atoms with Crippen LogP contribution in [0.1, 0.15) is 380 Å². The number of carbonyl (C=O) groups excluding carboxylic acids is 3. The minimum atomic E-state index is -0.768. The second-order valence-electron chi connectivity index (χ2n) is 22.7. The lowest BCUT2D eigenvalue weighted by Crippen LogP contribution is -2.30. The van der Waals surface area contributed by atoms with Gasteiger partial charge in [-0.3, -0.25) is 14.4 Å². The maximum Gasteiger partial charge on any atom is 0.306 e. The lowest BCUT2D eigenvalue weighted by molar-refractivity contribution is -0.167. The van der Waals surface area contributed by atoms with E-state index in [9.17, 15) is 14.4 Å². The maximum atomic E-state index is 12.8. The van der Waals surface area contributed by atoms with E-state index in [1.165, 1.54) is 276 Å². The average molecular weight is 1030 g/mol. The van der Waals surface area contributed by atoms with Crippen molar-refractivity contribution in [3.8, 4) is 0 Å². The summed E-state index contributed by atoms with van der Waals surface area (Å²) < 4.78 is 16.8. The van der Waals surface area contributed by atoms with Gasteiger partial charge in [0, 0.05) is 19.3 Å². The zero-order valence-corrected chi connectivity index (χ0v) is 49.7. The number of carbonyl (C=O) groups is 3. The van der Waals surface area contributed by atoms with E-state index in [4.69, 9.17) is 14.2 Å². The molecule has 6 heteroatoms. The molecule has 1 unspecified atom stereocenters. The lowest BCUT2D eigenvalue weighted by Gasteiger charge is -2.18. The number of esters is 3. The largest absolute Gasteiger partial charge is 0.462 e. The van der Waals surface area contributed by atoms with Crippen molar-refractivity contribution in [3.63, 3.8) is 0 Å². The van der Waals surface area contributed by atoms with Gasteiger partial charge in [-0.15, -0.1) is 0 Å². The van der Waals surface area contributed by atoms with Crippen LogP contribution >= 0.6 is 0 Å². The molecule has 0 saturated heterocycles. The van der Waals surface area contributed by atoms with Crippen LogP contribution in [0.25, 0.3) is 0 Å². The molecule has 1 atom stereocenters. The van der Waals surface area contributed by atoms with E-state index < -0.39 is 6.10 Å². The minimum absolute atomic E-state index is 0.0681. The molecule has 0 heterocycles. The van der Waals surface area contributed by atoms with Gasteiger partial charge in [0.15, 0.2) is 6.10 Å². The van der Waals surface area contributed by atoms with Crippen molar-refractivity contribution in [2.75, 3.05) is 13.2 Å². The molecule has 0 aliphatic rings. The zero-order valence-electron chi connectivity index (χ0n) is 49.7. The Morgan fingerprint density at radius 3 is 0.726 bits per heavy atom. The molecule has 0 fully saturated rings. The molecule has 0 aromatic carbocycles. The van der Waals surface area contributed by atoms with Gasteiger partial charge in [0.05, 0.1) is 0 Å². The van der Waals surface area contributed by atoms with Gasteiger partial charge >= 0.3 is 17.9 Å². The Kier molecular flexibility index (Phi) is 61.1. The maximum absolute atomic E-state index is 12.8. The third-order valence-corrected chi connectivity index (χ3v) is 15.3. The Morgan fingerprint density at radius 2 is 0.466 bits per heavy atom. The SMILES string of the molecule is CCCC/C=C\CCCCCCCC(=O)OC(COC(=O)CCCCCCCCCCC)COC(=O)CCCCCCCCCCCCCCCCCCCCCCCCCCCCCCCCCCCCC. The molecule has 432 valence electrons. The van der Waals surface area contributed by atoms with Gasteiger partial charge in [0.2, 0.25) is 0 Å². The average Bonchev–Trinajstić information content (AvgIpc) is 3.39. The van der Waals surface area contributed by atoms with Crippen molar-refractivity contribution < 1.29 is 28.6 Å². The number of allylic oxidation sites excluding steroid dienone is 2. The molecular weight excluding hydrogens is 901 g/mol. The molecule has 73 heavy (non-hydrogen) atoms. The van der Waals surface area contributed by atoms with Crippen LogP contribution < -0.4 is 0 Å². The van der Waals surface area contributed by atoms with Crippen LogP contribution in [0.15, 0.2) is 12.2 Å².